The molecule has 0 amide bonds. The summed E-state index contributed by atoms with van der Waals surface area (Å²) in [7, 11) is -2.23. The van der Waals surface area contributed by atoms with Gasteiger partial charge in [-0.2, -0.15) is 0 Å². The van der Waals surface area contributed by atoms with Crippen LogP contribution >= 0.6 is 0 Å². The Bertz CT molecular complexity index is 451. The predicted molar refractivity (Wildman–Crippen MR) is 77.3 cm³/mol. The van der Waals surface area contributed by atoms with Crippen molar-refractivity contribution in [3.63, 3.8) is 0 Å². The van der Waals surface area contributed by atoms with Crippen LogP contribution in [0.3, 0.4) is 0 Å². The summed E-state index contributed by atoms with van der Waals surface area (Å²) in [6.45, 7) is 0.444. The van der Waals surface area contributed by atoms with Crippen molar-refractivity contribution in [3.8, 4) is 5.75 Å². The molecule has 0 heterocycles. The number of halogens is 2. The first-order valence-electron chi connectivity index (χ1n) is 7.09. The molecule has 1 fully saturated rings. The van der Waals surface area contributed by atoms with Crippen LogP contribution in [0, 0.1) is 0 Å². The highest BCUT2D eigenvalue weighted by atomic mass is 19.2. The molecule has 20 heavy (non-hydrogen) atoms. The number of aliphatic hydroxyl groups excluding tert-OH is 1. The van der Waals surface area contributed by atoms with Crippen LogP contribution < -0.4 is 4.74 Å². The molecule has 0 saturated heterocycles. The van der Waals surface area contributed by atoms with Gasteiger partial charge in [0, 0.05) is 5.56 Å². The summed E-state index contributed by atoms with van der Waals surface area (Å²) in [6.07, 6.45) is 4.15. The van der Waals surface area contributed by atoms with Gasteiger partial charge in [-0.15, -0.1) is 0 Å². The van der Waals surface area contributed by atoms with E-state index in [4.69, 9.17) is 4.74 Å². The molecule has 108 valence electrons. The summed E-state index contributed by atoms with van der Waals surface area (Å²) in [5.74, 6) is 1.09. The molecule has 1 aliphatic carbocycles. The summed E-state index contributed by atoms with van der Waals surface area (Å²) in [6, 6.07) is 7.26. The topological polar surface area (TPSA) is 29.5 Å². The maximum atomic E-state index is 11.9. The minimum absolute atomic E-state index is 0.0657. The minimum Gasteiger partial charge on any atom is -0.507 e. The van der Waals surface area contributed by atoms with Gasteiger partial charge in [0.2, 0.25) is 0 Å². The lowest BCUT2D eigenvalue weighted by Crippen LogP contribution is -2.02. The van der Waals surface area contributed by atoms with Crippen LogP contribution in [0.5, 0.6) is 5.75 Å². The molecule has 2 rings (SSSR count). The lowest BCUT2D eigenvalue weighted by Gasteiger charge is -2.18. The van der Waals surface area contributed by atoms with E-state index in [9.17, 15) is 13.7 Å². The van der Waals surface area contributed by atoms with Crippen molar-refractivity contribution in [3.05, 3.63) is 35.4 Å². The lowest BCUT2D eigenvalue weighted by molar-refractivity contribution is 0.308. The van der Waals surface area contributed by atoms with Crippen LogP contribution in [0.15, 0.2) is 29.8 Å². The zero-order chi connectivity index (χ0) is 14.4. The van der Waals surface area contributed by atoms with Crippen LogP contribution in [0.1, 0.15) is 37.7 Å². The molecule has 2 nitrogen and oxygen atoms in total. The lowest BCUT2D eigenvalue weighted by atomic mass is 9.89. The molecule has 1 aromatic carbocycles. The largest absolute Gasteiger partial charge is 0.538 e. The van der Waals surface area contributed by atoms with Crippen molar-refractivity contribution in [2.45, 2.75) is 38.4 Å². The first kappa shape index (κ1) is 14.9. The highest BCUT2D eigenvalue weighted by molar-refractivity contribution is 6.42. The van der Waals surface area contributed by atoms with Crippen molar-refractivity contribution in [1.29, 1.82) is 0 Å². The van der Waals surface area contributed by atoms with E-state index in [2.05, 4.69) is 0 Å². The van der Waals surface area contributed by atoms with Crippen molar-refractivity contribution in [2.75, 3.05) is 6.61 Å². The van der Waals surface area contributed by atoms with E-state index < -0.39 is 7.27 Å². The number of rotatable bonds is 7. The molecule has 0 bridgehead atoms. The van der Waals surface area contributed by atoms with E-state index in [0.29, 0.717) is 31.0 Å². The normalized spacial score (nSPS) is 13.8. The van der Waals surface area contributed by atoms with E-state index in [-0.39, 0.29) is 6.32 Å². The van der Waals surface area contributed by atoms with Gasteiger partial charge in [0.1, 0.15) is 11.5 Å². The molecule has 0 spiro atoms. The summed E-state index contributed by atoms with van der Waals surface area (Å²) >= 11 is 0. The molecule has 0 unspecified atom stereocenters. The van der Waals surface area contributed by atoms with Crippen molar-refractivity contribution < 1.29 is 18.5 Å². The Kier molecular flexibility index (Phi) is 5.44. The van der Waals surface area contributed by atoms with Gasteiger partial charge in [-0.25, -0.2) is 0 Å². The second-order valence-electron chi connectivity index (χ2n) is 5.07. The van der Waals surface area contributed by atoms with Gasteiger partial charge in [0.05, 0.1) is 6.61 Å². The van der Waals surface area contributed by atoms with Crippen LogP contribution in [0.4, 0.5) is 8.63 Å². The van der Waals surface area contributed by atoms with Crippen molar-refractivity contribution in [2.24, 2.45) is 0 Å². The molecule has 1 saturated carbocycles. The molecule has 0 atom stereocenters. The molecule has 1 aliphatic rings. The Labute approximate surface area is 118 Å². The van der Waals surface area contributed by atoms with Gasteiger partial charge < -0.3 is 9.84 Å². The molecule has 1 N–H and O–H groups in total. The van der Waals surface area contributed by atoms with Crippen LogP contribution in [0.2, 0.25) is 6.32 Å². The summed E-state index contributed by atoms with van der Waals surface area (Å²) < 4.78 is 29.4. The predicted octanol–water partition coefficient (Wildman–Crippen LogP) is 4.73. The fourth-order valence-corrected chi connectivity index (χ4v) is 2.09. The van der Waals surface area contributed by atoms with Crippen LogP contribution in [-0.2, 0) is 0 Å². The molecule has 0 aliphatic heterocycles. The summed E-state index contributed by atoms with van der Waals surface area (Å²) in [4.78, 5) is 0. The third-order valence-electron chi connectivity index (χ3n) is 3.51. The summed E-state index contributed by atoms with van der Waals surface area (Å²) in [5, 5.41) is 10.00. The highest BCUT2D eigenvalue weighted by Gasteiger charge is 2.15. The third-order valence-corrected chi connectivity index (χ3v) is 3.51. The van der Waals surface area contributed by atoms with Gasteiger partial charge in [-0.1, -0.05) is 6.42 Å². The zero-order valence-electron chi connectivity index (χ0n) is 11.4. The fraction of sp³-hybridized carbons (Fsp3) is 0.467. The Morgan fingerprint density at radius 1 is 1.15 bits per heavy atom. The van der Waals surface area contributed by atoms with E-state index in [0.717, 1.165) is 30.4 Å². The third kappa shape index (κ3) is 4.25. The number of hydrogen-bond donors (Lipinski definition) is 1. The Morgan fingerprint density at radius 3 is 2.40 bits per heavy atom. The van der Waals surface area contributed by atoms with Crippen LogP contribution in [0.25, 0.3) is 5.76 Å². The maximum Gasteiger partial charge on any atom is 0.538 e. The number of aliphatic hydroxyl groups is 1. The average molecular weight is 280 g/mol. The molecular formula is C15H19BF2O2. The highest BCUT2D eigenvalue weighted by Crippen LogP contribution is 2.32. The summed E-state index contributed by atoms with van der Waals surface area (Å²) in [5.41, 5.74) is 1.93. The minimum atomic E-state index is -2.23. The monoisotopic (exact) mass is 280 g/mol. The van der Waals surface area contributed by atoms with E-state index in [1.807, 2.05) is 12.1 Å². The Morgan fingerprint density at radius 2 is 1.85 bits per heavy atom. The van der Waals surface area contributed by atoms with Gasteiger partial charge >= 0.3 is 7.27 Å². The van der Waals surface area contributed by atoms with Gasteiger partial charge in [-0.05, 0) is 61.8 Å². The molecule has 0 aromatic heterocycles. The molecule has 1 aromatic rings. The number of benzene rings is 1. The first-order valence-corrected chi connectivity index (χ1v) is 7.09. The second-order valence-corrected chi connectivity index (χ2v) is 5.07. The Balaban J connectivity index is 1.77. The number of unbranched alkanes of at least 4 members (excludes halogenated alkanes) is 1. The standard InChI is InChI=1S/C15H19BF2O2/c17-16(18)10-1-2-11-20-14-8-6-13(7-9-14)15(19)12-4-3-5-12/h6-9,19H,1-5,10-11H2. The first-order chi connectivity index (χ1) is 9.66. The van der Waals surface area contributed by atoms with Crippen molar-refractivity contribution >= 4 is 13.0 Å². The quantitative estimate of drug-likeness (QED) is 0.444. The zero-order valence-corrected chi connectivity index (χ0v) is 11.4. The molecule has 0 radical (unpaired) electrons. The number of ether oxygens (including phenoxy) is 1. The van der Waals surface area contributed by atoms with Crippen LogP contribution in [-0.4, -0.2) is 19.0 Å². The molecule has 5 heteroatoms. The molecular weight excluding hydrogens is 261 g/mol. The van der Waals surface area contributed by atoms with E-state index >= 15 is 0 Å². The SMILES string of the molecule is OC(=C1CCC1)c1ccc(OCCCCB(F)F)cc1. The number of hydrogen-bond acceptors (Lipinski definition) is 2. The van der Waals surface area contributed by atoms with Gasteiger partial charge in [0.15, 0.2) is 0 Å². The van der Waals surface area contributed by atoms with Gasteiger partial charge in [0.25, 0.3) is 0 Å². The second kappa shape index (κ2) is 7.32. The smallest absolute Gasteiger partial charge is 0.507 e. The maximum absolute atomic E-state index is 11.9. The van der Waals surface area contributed by atoms with Gasteiger partial charge in [-0.3, -0.25) is 8.63 Å². The Hall–Kier alpha value is -1.52. The van der Waals surface area contributed by atoms with E-state index in [1.165, 1.54) is 0 Å². The van der Waals surface area contributed by atoms with Crippen molar-refractivity contribution in [1.82, 2.24) is 0 Å². The fourth-order valence-electron chi connectivity index (χ4n) is 2.09. The number of allylic oxidation sites excluding steroid dienone is 1. The van der Waals surface area contributed by atoms with E-state index in [1.54, 1.807) is 12.1 Å². The average Bonchev–Trinajstić information content (AvgIpc) is 2.36.